The van der Waals surface area contributed by atoms with E-state index < -0.39 is 10.0 Å². The van der Waals surface area contributed by atoms with E-state index in [9.17, 15) is 8.42 Å². The molecular formula is C14H22N2O3S. The van der Waals surface area contributed by atoms with Crippen LogP contribution < -0.4 is 10.0 Å². The van der Waals surface area contributed by atoms with E-state index in [1.54, 1.807) is 18.2 Å². The smallest absolute Gasteiger partial charge is 0.242 e. The third-order valence-corrected chi connectivity index (χ3v) is 4.86. The molecule has 0 bridgehead atoms. The third-order valence-electron chi connectivity index (χ3n) is 3.29. The van der Waals surface area contributed by atoms with E-state index in [0.717, 1.165) is 25.8 Å². The van der Waals surface area contributed by atoms with Gasteiger partial charge in [0.1, 0.15) is 4.90 Å². The predicted molar refractivity (Wildman–Crippen MR) is 79.4 cm³/mol. The Morgan fingerprint density at radius 3 is 2.65 bits per heavy atom. The molecule has 2 N–H and O–H groups in total. The summed E-state index contributed by atoms with van der Waals surface area (Å²) in [5.41, 5.74) is 0.661. The molecule has 0 amide bonds. The van der Waals surface area contributed by atoms with Gasteiger partial charge in [0.15, 0.2) is 0 Å². The zero-order chi connectivity index (χ0) is 14.4. The van der Waals surface area contributed by atoms with Gasteiger partial charge in [-0.3, -0.25) is 0 Å². The fourth-order valence-electron chi connectivity index (χ4n) is 2.21. The van der Waals surface area contributed by atoms with Gasteiger partial charge in [-0.25, -0.2) is 13.1 Å². The van der Waals surface area contributed by atoms with E-state index in [2.05, 4.69) is 10.0 Å². The van der Waals surface area contributed by atoms with Crippen molar-refractivity contribution in [2.24, 2.45) is 0 Å². The number of rotatable bonds is 6. The Balaban J connectivity index is 2.15. The highest BCUT2D eigenvalue weighted by Gasteiger charge is 2.24. The van der Waals surface area contributed by atoms with Gasteiger partial charge in [-0.05, 0) is 31.4 Å². The van der Waals surface area contributed by atoms with Gasteiger partial charge in [0, 0.05) is 25.8 Å². The van der Waals surface area contributed by atoms with Crippen LogP contribution in [0.3, 0.4) is 0 Å². The van der Waals surface area contributed by atoms with Crippen molar-refractivity contribution in [2.75, 3.05) is 25.1 Å². The summed E-state index contributed by atoms with van der Waals surface area (Å²) in [6, 6.07) is 6.99. The molecule has 0 aromatic heterocycles. The second-order valence-electron chi connectivity index (χ2n) is 4.93. The fraction of sp³-hybridized carbons (Fsp3) is 0.571. The Kier molecular flexibility index (Phi) is 5.39. The van der Waals surface area contributed by atoms with Crippen LogP contribution >= 0.6 is 0 Å². The highest BCUT2D eigenvalue weighted by molar-refractivity contribution is 7.89. The van der Waals surface area contributed by atoms with Crippen LogP contribution in [0.5, 0.6) is 0 Å². The molecule has 1 saturated heterocycles. The molecule has 1 aliphatic heterocycles. The maximum Gasteiger partial charge on any atom is 0.242 e. The van der Waals surface area contributed by atoms with E-state index in [1.807, 2.05) is 13.0 Å². The number of hydrogen-bond acceptors (Lipinski definition) is 4. The summed E-state index contributed by atoms with van der Waals surface area (Å²) in [5, 5.41) is 3.16. The quantitative estimate of drug-likeness (QED) is 0.842. The van der Waals surface area contributed by atoms with Crippen LogP contribution in [0.1, 0.15) is 26.2 Å². The molecule has 20 heavy (non-hydrogen) atoms. The van der Waals surface area contributed by atoms with E-state index in [0.29, 0.717) is 23.8 Å². The molecule has 6 heteroatoms. The lowest BCUT2D eigenvalue weighted by atomic mass is 10.1. The minimum atomic E-state index is -3.49. The highest BCUT2D eigenvalue weighted by Crippen LogP contribution is 2.22. The average molecular weight is 298 g/mol. The number of nitrogens with one attached hydrogen (secondary N) is 2. The number of hydrogen-bond donors (Lipinski definition) is 2. The first-order valence-electron chi connectivity index (χ1n) is 7.06. The Bertz CT molecular complexity index is 525. The first kappa shape index (κ1) is 15.3. The molecule has 5 nitrogen and oxygen atoms in total. The summed E-state index contributed by atoms with van der Waals surface area (Å²) in [5.74, 6) is 0. The minimum Gasteiger partial charge on any atom is -0.384 e. The lowest BCUT2D eigenvalue weighted by Gasteiger charge is -2.23. The number of benzene rings is 1. The highest BCUT2D eigenvalue weighted by atomic mass is 32.2. The molecule has 1 aromatic carbocycles. The summed E-state index contributed by atoms with van der Waals surface area (Å²) in [6.07, 6.45) is 2.40. The van der Waals surface area contributed by atoms with Crippen molar-refractivity contribution < 1.29 is 13.2 Å². The second kappa shape index (κ2) is 7.06. The van der Waals surface area contributed by atoms with E-state index in [1.165, 1.54) is 0 Å². The normalized spacial score (nSPS) is 17.1. The number of para-hydroxylation sites is 1. The fourth-order valence-corrected chi connectivity index (χ4v) is 3.69. The van der Waals surface area contributed by atoms with Crippen LogP contribution in [0, 0.1) is 0 Å². The van der Waals surface area contributed by atoms with Gasteiger partial charge in [0.05, 0.1) is 5.69 Å². The molecule has 2 rings (SSSR count). The van der Waals surface area contributed by atoms with Gasteiger partial charge >= 0.3 is 0 Å². The minimum absolute atomic E-state index is 0.0343. The van der Waals surface area contributed by atoms with E-state index in [4.69, 9.17) is 4.74 Å². The molecule has 1 fully saturated rings. The summed E-state index contributed by atoms with van der Waals surface area (Å²) in [7, 11) is -3.49. The maximum absolute atomic E-state index is 12.5. The third kappa shape index (κ3) is 3.94. The lowest BCUT2D eigenvalue weighted by molar-refractivity contribution is 0.0832. The molecule has 0 spiro atoms. The number of anilines is 1. The molecule has 1 heterocycles. The van der Waals surface area contributed by atoms with Crippen LogP contribution in [0.15, 0.2) is 29.2 Å². The monoisotopic (exact) mass is 298 g/mol. The second-order valence-corrected chi connectivity index (χ2v) is 6.61. The van der Waals surface area contributed by atoms with E-state index >= 15 is 0 Å². The molecule has 0 unspecified atom stereocenters. The van der Waals surface area contributed by atoms with Crippen LogP contribution in [0.4, 0.5) is 5.69 Å². The Labute approximate surface area is 120 Å². The zero-order valence-corrected chi connectivity index (χ0v) is 12.6. The topological polar surface area (TPSA) is 67.4 Å². The van der Waals surface area contributed by atoms with Crippen molar-refractivity contribution in [1.82, 2.24) is 4.72 Å². The average Bonchev–Trinajstić information content (AvgIpc) is 2.46. The van der Waals surface area contributed by atoms with Crippen molar-refractivity contribution in [2.45, 2.75) is 37.1 Å². The first-order valence-corrected chi connectivity index (χ1v) is 8.55. The molecule has 1 aromatic rings. The van der Waals surface area contributed by atoms with Gasteiger partial charge in [-0.2, -0.15) is 0 Å². The van der Waals surface area contributed by atoms with Crippen LogP contribution in [0.25, 0.3) is 0 Å². The van der Waals surface area contributed by atoms with Crippen molar-refractivity contribution in [3.05, 3.63) is 24.3 Å². The Morgan fingerprint density at radius 1 is 1.25 bits per heavy atom. The van der Waals surface area contributed by atoms with E-state index in [-0.39, 0.29) is 6.04 Å². The molecular weight excluding hydrogens is 276 g/mol. The van der Waals surface area contributed by atoms with Gasteiger partial charge in [-0.15, -0.1) is 0 Å². The number of sulfonamides is 1. The largest absolute Gasteiger partial charge is 0.384 e. The van der Waals surface area contributed by atoms with Crippen molar-refractivity contribution in [3.63, 3.8) is 0 Å². The van der Waals surface area contributed by atoms with Crippen molar-refractivity contribution in [1.29, 1.82) is 0 Å². The van der Waals surface area contributed by atoms with Gasteiger partial charge < -0.3 is 10.1 Å². The molecule has 0 saturated carbocycles. The van der Waals surface area contributed by atoms with Gasteiger partial charge in [-0.1, -0.05) is 19.1 Å². The standard InChI is InChI=1S/C14H22N2O3S/c1-2-9-15-13-5-3-4-6-14(13)20(17,18)16-12-7-10-19-11-8-12/h3-6,12,15-16H,2,7-11H2,1H3. The van der Waals surface area contributed by atoms with Gasteiger partial charge in [0.2, 0.25) is 10.0 Å². The summed E-state index contributed by atoms with van der Waals surface area (Å²) in [6.45, 7) is 4.03. The predicted octanol–water partition coefficient (Wildman–Crippen LogP) is 1.97. The molecule has 112 valence electrons. The first-order chi connectivity index (χ1) is 9.63. The molecule has 0 radical (unpaired) electrons. The van der Waals surface area contributed by atoms with Crippen LogP contribution in [-0.4, -0.2) is 34.2 Å². The zero-order valence-electron chi connectivity index (χ0n) is 11.8. The lowest BCUT2D eigenvalue weighted by Crippen LogP contribution is -2.39. The summed E-state index contributed by atoms with van der Waals surface area (Å²) >= 11 is 0. The maximum atomic E-state index is 12.5. The Morgan fingerprint density at radius 2 is 1.95 bits per heavy atom. The summed E-state index contributed by atoms with van der Waals surface area (Å²) < 4.78 is 33.0. The Hall–Kier alpha value is -1.11. The SMILES string of the molecule is CCCNc1ccccc1S(=O)(=O)NC1CCOCC1. The summed E-state index contributed by atoms with van der Waals surface area (Å²) in [4.78, 5) is 0.319. The van der Waals surface area contributed by atoms with Crippen LogP contribution in [-0.2, 0) is 14.8 Å². The van der Waals surface area contributed by atoms with Gasteiger partial charge in [0.25, 0.3) is 0 Å². The van der Waals surface area contributed by atoms with Crippen molar-refractivity contribution in [3.8, 4) is 0 Å². The van der Waals surface area contributed by atoms with Crippen molar-refractivity contribution >= 4 is 15.7 Å². The van der Waals surface area contributed by atoms with Crippen LogP contribution in [0.2, 0.25) is 0 Å². The molecule has 1 aliphatic rings. The molecule has 0 aliphatic carbocycles. The number of ether oxygens (including phenoxy) is 1. The molecule has 0 atom stereocenters.